The molecule has 0 aromatic heterocycles. The van der Waals surface area contributed by atoms with Crippen LogP contribution in [0, 0.1) is 32.1 Å². The van der Waals surface area contributed by atoms with E-state index >= 15 is 0 Å². The van der Waals surface area contributed by atoms with Gasteiger partial charge in [0.1, 0.15) is 30.2 Å². The van der Waals surface area contributed by atoms with Gasteiger partial charge in [0.05, 0.1) is 23.4 Å². The molecule has 2 fully saturated rings. The smallest absolute Gasteiger partial charge is 0.324 e. The lowest BCUT2D eigenvalue weighted by molar-refractivity contribution is -0.154. The maximum Gasteiger partial charge on any atom is 0.324 e. The number of nitrogens with zero attached hydrogens (tertiary/aromatic N) is 4. The highest BCUT2D eigenvalue weighted by Crippen LogP contribution is 2.63. The van der Waals surface area contributed by atoms with Crippen molar-refractivity contribution in [1.82, 2.24) is 14.7 Å². The number of likely N-dealkylation sites (N-methyl/N-ethyl adjacent to an activating group) is 2. The molecule has 0 amide bonds. The highest BCUT2D eigenvalue weighted by Gasteiger charge is 2.60. The summed E-state index contributed by atoms with van der Waals surface area (Å²) in [7, 11) is 7.47. The van der Waals surface area contributed by atoms with E-state index in [9.17, 15) is 15.2 Å². The lowest BCUT2D eigenvalue weighted by atomic mass is 9.71. The minimum atomic E-state index is -0.548. The summed E-state index contributed by atoms with van der Waals surface area (Å²) in [5.41, 5.74) is 6.56. The molecule has 7 rings (SSSR count). The van der Waals surface area contributed by atoms with Crippen molar-refractivity contribution in [2.75, 3.05) is 54.2 Å². The number of phenols is 1. The number of fused-ring (bicyclic) bond motifs is 9. The lowest BCUT2D eigenvalue weighted by Gasteiger charge is -2.62. The zero-order valence-corrected chi connectivity index (χ0v) is 27.6. The number of esters is 1. The van der Waals surface area contributed by atoms with E-state index in [1.807, 2.05) is 25.9 Å². The first-order chi connectivity index (χ1) is 21.6. The first-order valence-corrected chi connectivity index (χ1v) is 16.4. The molecule has 4 bridgehead atoms. The Morgan fingerprint density at radius 2 is 1.89 bits per heavy atom. The number of aryl methyl sites for hydroxylation is 1. The van der Waals surface area contributed by atoms with Crippen molar-refractivity contribution in [1.29, 1.82) is 5.26 Å². The predicted octanol–water partition coefficient (Wildman–Crippen LogP) is 3.52. The van der Waals surface area contributed by atoms with E-state index in [2.05, 4.69) is 42.8 Å². The van der Waals surface area contributed by atoms with Crippen LogP contribution in [0.3, 0.4) is 0 Å². The van der Waals surface area contributed by atoms with Crippen LogP contribution in [-0.2, 0) is 20.7 Å². The van der Waals surface area contributed by atoms with E-state index in [0.717, 1.165) is 33.6 Å². The minimum absolute atomic E-state index is 0.0104. The van der Waals surface area contributed by atoms with Gasteiger partial charge in [0.2, 0.25) is 6.79 Å². The summed E-state index contributed by atoms with van der Waals surface area (Å²) in [6.45, 7) is 6.17. The Morgan fingerprint density at radius 3 is 2.60 bits per heavy atom. The van der Waals surface area contributed by atoms with Crippen molar-refractivity contribution < 1.29 is 33.6 Å². The molecule has 45 heavy (non-hydrogen) atoms. The Balaban J connectivity index is 1.52. The van der Waals surface area contributed by atoms with Gasteiger partial charge in [-0.2, -0.15) is 5.26 Å². The second kappa shape index (κ2) is 11.2. The highest BCUT2D eigenvalue weighted by molar-refractivity contribution is 7.99. The Hall–Kier alpha value is -3.21. The topological polar surface area (TPSA) is 117 Å². The number of ether oxygens (including phenoxy) is 5. The van der Waals surface area contributed by atoms with Crippen molar-refractivity contribution in [2.45, 2.75) is 68.7 Å². The first-order valence-electron chi connectivity index (χ1n) is 15.3. The molecule has 240 valence electrons. The van der Waals surface area contributed by atoms with Gasteiger partial charge in [0.15, 0.2) is 18.3 Å². The van der Waals surface area contributed by atoms with Crippen LogP contribution in [0.15, 0.2) is 6.07 Å². The number of benzene rings is 2. The van der Waals surface area contributed by atoms with Crippen LogP contribution in [0.1, 0.15) is 56.3 Å². The van der Waals surface area contributed by atoms with Gasteiger partial charge in [-0.05, 0) is 65.0 Å². The highest BCUT2D eigenvalue weighted by atomic mass is 32.2. The van der Waals surface area contributed by atoms with Gasteiger partial charge < -0.3 is 28.8 Å². The maximum atomic E-state index is 13.5. The number of thioether (sulfide) groups is 1. The van der Waals surface area contributed by atoms with Crippen LogP contribution in [-0.4, -0.2) is 104 Å². The summed E-state index contributed by atoms with van der Waals surface area (Å²) in [6.07, 6.45) is 0.658. The molecule has 11 nitrogen and oxygen atoms in total. The fourth-order valence-electron chi connectivity index (χ4n) is 8.21. The third-order valence-electron chi connectivity index (χ3n) is 10.5. The van der Waals surface area contributed by atoms with Crippen LogP contribution in [0.2, 0.25) is 0 Å². The van der Waals surface area contributed by atoms with Gasteiger partial charge in [-0.15, -0.1) is 11.8 Å². The Morgan fingerprint density at radius 1 is 1.13 bits per heavy atom. The van der Waals surface area contributed by atoms with Crippen molar-refractivity contribution in [3.8, 4) is 29.1 Å². The zero-order chi connectivity index (χ0) is 31.9. The summed E-state index contributed by atoms with van der Waals surface area (Å²) < 4.78 is 29.8. The fourth-order valence-corrected chi connectivity index (χ4v) is 9.92. The van der Waals surface area contributed by atoms with Gasteiger partial charge >= 0.3 is 5.97 Å². The number of nitriles is 1. The van der Waals surface area contributed by atoms with Crippen LogP contribution in [0.5, 0.6) is 23.0 Å². The van der Waals surface area contributed by atoms with Gasteiger partial charge in [-0.1, -0.05) is 6.07 Å². The summed E-state index contributed by atoms with van der Waals surface area (Å²) in [5, 5.41) is 22.6. The van der Waals surface area contributed by atoms with Crippen molar-refractivity contribution in [3.05, 3.63) is 45.0 Å². The second-order valence-corrected chi connectivity index (χ2v) is 14.1. The average molecular weight is 637 g/mol. The molecule has 0 aliphatic carbocycles. The molecule has 7 atom stereocenters. The van der Waals surface area contributed by atoms with E-state index in [1.165, 1.54) is 5.56 Å². The second-order valence-electron chi connectivity index (χ2n) is 12.9. The van der Waals surface area contributed by atoms with Gasteiger partial charge in [-0.3, -0.25) is 19.5 Å². The number of rotatable bonds is 4. The SMILES string of the molecule is COCOc1c(C)c(C)cc2c1[C@@H]1C3[C@@H]4SC[C@H](N(C)C)C(=O)OC[C@H](c5c6c(c(C)c(O)c54)OCO6)N3[C@@H](C#N)[C@H](C2)N1C. The molecule has 0 saturated carbocycles. The number of piperazine rings is 1. The molecule has 2 aromatic rings. The van der Waals surface area contributed by atoms with Crippen molar-refractivity contribution >= 4 is 17.7 Å². The monoisotopic (exact) mass is 636 g/mol. The van der Waals surface area contributed by atoms with E-state index in [-0.39, 0.29) is 55.3 Å². The van der Waals surface area contributed by atoms with Crippen molar-refractivity contribution in [2.24, 2.45) is 0 Å². The van der Waals surface area contributed by atoms with Gasteiger partial charge in [-0.25, -0.2) is 0 Å². The van der Waals surface area contributed by atoms with Crippen LogP contribution >= 0.6 is 11.8 Å². The van der Waals surface area contributed by atoms with E-state index in [1.54, 1.807) is 18.9 Å². The number of hydrogen-bond donors (Lipinski definition) is 1. The Labute approximate surface area is 267 Å². The number of aromatic hydroxyl groups is 1. The third-order valence-corrected chi connectivity index (χ3v) is 11.9. The van der Waals surface area contributed by atoms with Gasteiger partial charge in [0.25, 0.3) is 0 Å². The molecular formula is C33H40N4O7S. The normalized spacial score (nSPS) is 30.3. The summed E-state index contributed by atoms with van der Waals surface area (Å²) in [5.74, 6) is 2.16. The van der Waals surface area contributed by atoms with Crippen LogP contribution < -0.4 is 14.2 Å². The lowest BCUT2D eigenvalue weighted by Crippen LogP contribution is -2.69. The third kappa shape index (κ3) is 4.35. The molecule has 5 aliphatic rings. The number of methoxy groups -OCH3 is 1. The average Bonchev–Trinajstić information content (AvgIpc) is 3.50. The number of hydrogen-bond acceptors (Lipinski definition) is 12. The summed E-state index contributed by atoms with van der Waals surface area (Å²) in [6, 6.07) is 2.75. The largest absolute Gasteiger partial charge is 0.507 e. The Kier molecular flexibility index (Phi) is 7.61. The van der Waals surface area contributed by atoms with Crippen LogP contribution in [0.25, 0.3) is 0 Å². The molecule has 0 spiro atoms. The number of cyclic esters (lactones) is 1. The summed E-state index contributed by atoms with van der Waals surface area (Å²) in [4.78, 5) is 19.9. The van der Waals surface area contributed by atoms with E-state index in [0.29, 0.717) is 29.2 Å². The quantitative estimate of drug-likeness (QED) is 0.391. The first kappa shape index (κ1) is 30.4. The molecule has 0 radical (unpaired) electrons. The molecule has 1 unspecified atom stereocenters. The van der Waals surface area contributed by atoms with E-state index in [4.69, 9.17) is 23.7 Å². The molecule has 2 aromatic carbocycles. The molecule has 5 heterocycles. The molecule has 12 heteroatoms. The van der Waals surface area contributed by atoms with E-state index < -0.39 is 18.1 Å². The number of carbonyl (C=O) groups excluding carboxylic acids is 1. The standard InChI is InChI=1S/C33H40N4O7S/c1-15-8-18-9-19-20(10-34)37-21-11-41-33(39)22(35(4)5)12-45-32(25-24(21)31-30(43-14-44-31)17(3)28(25)38)27(37)26(36(19)6)23(18)29(16(15)2)42-13-40-7/h8,19-22,26-27,32,38H,9,11-14H2,1-7H3/t19-,20-,21+,22-,26+,27?,32+/m0/s1. The van der Waals surface area contributed by atoms with Crippen molar-refractivity contribution in [3.63, 3.8) is 0 Å². The molecular weight excluding hydrogens is 596 g/mol. The number of phenolic OH excluding ortho intramolecular Hbond substituents is 1. The van der Waals surface area contributed by atoms with Crippen LogP contribution in [0.4, 0.5) is 0 Å². The molecule has 1 N–H and O–H groups in total. The Bertz CT molecular complexity index is 1610. The van der Waals surface area contributed by atoms with Gasteiger partial charge in [0, 0.05) is 47.2 Å². The molecule has 2 saturated heterocycles. The fraction of sp³-hybridized carbons (Fsp3) is 0.576. The predicted molar refractivity (Wildman–Crippen MR) is 167 cm³/mol. The zero-order valence-electron chi connectivity index (χ0n) is 26.7. The minimum Gasteiger partial charge on any atom is -0.507 e. The molecule has 5 aliphatic heterocycles. The maximum absolute atomic E-state index is 13.5. The summed E-state index contributed by atoms with van der Waals surface area (Å²) >= 11 is 1.62. The number of carbonyl (C=O) groups is 1.